The Morgan fingerprint density at radius 2 is 2.17 bits per heavy atom. The van der Waals surface area contributed by atoms with E-state index in [1.54, 1.807) is 13.4 Å². The normalized spacial score (nSPS) is 10.5. The Hall–Kier alpha value is -0.960. The van der Waals surface area contributed by atoms with Gasteiger partial charge in [-0.2, -0.15) is 0 Å². The van der Waals surface area contributed by atoms with E-state index in [0.717, 1.165) is 21.2 Å². The summed E-state index contributed by atoms with van der Waals surface area (Å²) >= 11 is 3.40. The third kappa shape index (κ3) is 1.01. The molecule has 0 unspecified atom stereocenters. The first-order chi connectivity index (χ1) is 5.83. The number of furan rings is 1. The molecule has 1 aromatic carbocycles. The van der Waals surface area contributed by atoms with Gasteiger partial charge in [-0.15, -0.1) is 0 Å². The van der Waals surface area contributed by atoms with E-state index in [1.807, 2.05) is 18.2 Å². The van der Waals surface area contributed by atoms with Crippen molar-refractivity contribution in [3.05, 3.63) is 28.9 Å². The lowest BCUT2D eigenvalue weighted by molar-refractivity contribution is 0.412. The topological polar surface area (TPSA) is 22.4 Å². The second-order valence-corrected chi connectivity index (χ2v) is 3.21. The highest BCUT2D eigenvalue weighted by atomic mass is 79.9. The van der Waals surface area contributed by atoms with E-state index in [0.29, 0.717) is 0 Å². The Morgan fingerprint density at radius 3 is 2.92 bits per heavy atom. The molecular weight excluding hydrogens is 220 g/mol. The fourth-order valence-corrected chi connectivity index (χ4v) is 1.75. The maximum absolute atomic E-state index is 5.26. The van der Waals surface area contributed by atoms with E-state index in [1.165, 1.54) is 0 Å². The minimum absolute atomic E-state index is 0.789. The molecule has 2 rings (SSSR count). The van der Waals surface area contributed by atoms with Crippen LogP contribution < -0.4 is 4.74 Å². The second-order valence-electron chi connectivity index (χ2n) is 2.42. The molecule has 0 spiro atoms. The highest BCUT2D eigenvalue weighted by Crippen LogP contribution is 2.33. The third-order valence-electron chi connectivity index (χ3n) is 1.75. The first-order valence-corrected chi connectivity index (χ1v) is 4.32. The highest BCUT2D eigenvalue weighted by molar-refractivity contribution is 9.10. The zero-order valence-corrected chi connectivity index (χ0v) is 8.09. The van der Waals surface area contributed by atoms with Gasteiger partial charge in [0.15, 0.2) is 5.58 Å². The average molecular weight is 227 g/mol. The fourth-order valence-electron chi connectivity index (χ4n) is 1.14. The minimum atomic E-state index is 0.789. The molecule has 0 radical (unpaired) electrons. The van der Waals surface area contributed by atoms with Gasteiger partial charge in [-0.3, -0.25) is 0 Å². The number of hydrogen-bond acceptors (Lipinski definition) is 2. The largest absolute Gasteiger partial charge is 0.495 e. The first kappa shape index (κ1) is 7.68. The van der Waals surface area contributed by atoms with Crippen LogP contribution in [0.4, 0.5) is 0 Å². The summed E-state index contributed by atoms with van der Waals surface area (Å²) < 4.78 is 11.2. The molecule has 1 aromatic heterocycles. The van der Waals surface area contributed by atoms with Gasteiger partial charge in [-0.05, 0) is 34.1 Å². The van der Waals surface area contributed by atoms with Crippen molar-refractivity contribution in [2.45, 2.75) is 0 Å². The van der Waals surface area contributed by atoms with Crippen LogP contribution >= 0.6 is 15.9 Å². The van der Waals surface area contributed by atoms with E-state index < -0.39 is 0 Å². The summed E-state index contributed by atoms with van der Waals surface area (Å²) in [6.45, 7) is 0. The molecule has 0 amide bonds. The summed E-state index contributed by atoms with van der Waals surface area (Å²) in [5.41, 5.74) is 0.828. The summed E-state index contributed by atoms with van der Waals surface area (Å²) in [4.78, 5) is 0. The van der Waals surface area contributed by atoms with Gasteiger partial charge in [0.1, 0.15) is 10.2 Å². The Bertz CT molecular complexity index is 406. The lowest BCUT2D eigenvalue weighted by atomic mass is 10.2. The van der Waals surface area contributed by atoms with Gasteiger partial charge in [0, 0.05) is 5.39 Å². The molecule has 0 bridgehead atoms. The molecular formula is C9H7BrO2. The van der Waals surface area contributed by atoms with Crippen LogP contribution in [0.15, 0.2) is 33.4 Å². The molecule has 0 aliphatic heterocycles. The lowest BCUT2D eigenvalue weighted by Gasteiger charge is -2.01. The Balaban J connectivity index is 2.78. The van der Waals surface area contributed by atoms with Crippen LogP contribution in [0.1, 0.15) is 0 Å². The fraction of sp³-hybridized carbons (Fsp3) is 0.111. The molecule has 62 valence electrons. The summed E-state index contributed by atoms with van der Waals surface area (Å²) in [6.07, 6.45) is 1.66. The van der Waals surface area contributed by atoms with Gasteiger partial charge in [0.25, 0.3) is 0 Å². The van der Waals surface area contributed by atoms with Crippen LogP contribution in [0.2, 0.25) is 0 Å². The van der Waals surface area contributed by atoms with Gasteiger partial charge in [-0.1, -0.05) is 0 Å². The number of benzene rings is 1. The highest BCUT2D eigenvalue weighted by Gasteiger charge is 2.06. The molecule has 0 saturated heterocycles. The number of hydrogen-bond donors (Lipinski definition) is 0. The van der Waals surface area contributed by atoms with Gasteiger partial charge in [-0.25, -0.2) is 0 Å². The predicted molar refractivity (Wildman–Crippen MR) is 50.5 cm³/mol. The molecule has 0 aliphatic rings. The molecule has 0 N–H and O–H groups in total. The third-order valence-corrected chi connectivity index (χ3v) is 2.50. The Morgan fingerprint density at radius 1 is 1.33 bits per heavy atom. The smallest absolute Gasteiger partial charge is 0.151 e. The van der Waals surface area contributed by atoms with Crippen LogP contribution in [0.25, 0.3) is 11.0 Å². The lowest BCUT2D eigenvalue weighted by Crippen LogP contribution is -1.83. The molecule has 3 heteroatoms. The monoisotopic (exact) mass is 226 g/mol. The predicted octanol–water partition coefficient (Wildman–Crippen LogP) is 3.20. The van der Waals surface area contributed by atoms with E-state index in [9.17, 15) is 0 Å². The van der Waals surface area contributed by atoms with Crippen LogP contribution in [-0.2, 0) is 0 Å². The zero-order chi connectivity index (χ0) is 8.55. The van der Waals surface area contributed by atoms with Gasteiger partial charge in [0.05, 0.1) is 13.4 Å². The van der Waals surface area contributed by atoms with Gasteiger partial charge in [0.2, 0.25) is 0 Å². The average Bonchev–Trinajstić information content (AvgIpc) is 2.53. The van der Waals surface area contributed by atoms with E-state index in [2.05, 4.69) is 15.9 Å². The van der Waals surface area contributed by atoms with Crippen molar-refractivity contribution in [3.8, 4) is 5.75 Å². The molecule has 0 atom stereocenters. The maximum Gasteiger partial charge on any atom is 0.151 e. The van der Waals surface area contributed by atoms with Crippen LogP contribution in [0, 0.1) is 0 Å². The van der Waals surface area contributed by atoms with Crippen molar-refractivity contribution in [2.24, 2.45) is 0 Å². The SMILES string of the molecule is COc1ccc2ccoc2c1Br. The van der Waals surface area contributed by atoms with Gasteiger partial charge >= 0.3 is 0 Å². The summed E-state index contributed by atoms with van der Waals surface area (Å²) in [6, 6.07) is 5.78. The molecule has 0 saturated carbocycles. The standard InChI is InChI=1S/C9H7BrO2/c1-11-7-3-2-6-4-5-12-9(6)8(7)10/h2-5H,1H3. The molecule has 1 heterocycles. The van der Waals surface area contributed by atoms with Crippen molar-refractivity contribution in [2.75, 3.05) is 7.11 Å². The van der Waals surface area contributed by atoms with E-state index in [-0.39, 0.29) is 0 Å². The second kappa shape index (κ2) is 2.83. The number of methoxy groups -OCH3 is 1. The Labute approximate surface area is 78.3 Å². The van der Waals surface area contributed by atoms with Gasteiger partial charge < -0.3 is 9.15 Å². The number of halogens is 1. The van der Waals surface area contributed by atoms with Crippen molar-refractivity contribution in [1.29, 1.82) is 0 Å². The zero-order valence-electron chi connectivity index (χ0n) is 6.50. The molecule has 2 aromatic rings. The molecule has 2 nitrogen and oxygen atoms in total. The van der Waals surface area contributed by atoms with E-state index >= 15 is 0 Å². The minimum Gasteiger partial charge on any atom is -0.495 e. The molecule has 0 fully saturated rings. The number of rotatable bonds is 1. The Kier molecular flexibility index (Phi) is 1.81. The van der Waals surface area contributed by atoms with Crippen molar-refractivity contribution in [1.82, 2.24) is 0 Å². The summed E-state index contributed by atoms with van der Waals surface area (Å²) in [5.74, 6) is 0.789. The number of ether oxygens (including phenoxy) is 1. The number of fused-ring (bicyclic) bond motifs is 1. The summed E-state index contributed by atoms with van der Waals surface area (Å²) in [5, 5.41) is 1.07. The van der Waals surface area contributed by atoms with Crippen LogP contribution in [-0.4, -0.2) is 7.11 Å². The van der Waals surface area contributed by atoms with Crippen LogP contribution in [0.5, 0.6) is 5.75 Å². The molecule has 0 aliphatic carbocycles. The van der Waals surface area contributed by atoms with Crippen molar-refractivity contribution < 1.29 is 9.15 Å². The van der Waals surface area contributed by atoms with Crippen LogP contribution in [0.3, 0.4) is 0 Å². The molecule has 12 heavy (non-hydrogen) atoms. The summed E-state index contributed by atoms with van der Waals surface area (Å²) in [7, 11) is 1.63. The maximum atomic E-state index is 5.26. The quantitative estimate of drug-likeness (QED) is 0.746. The van der Waals surface area contributed by atoms with Crippen molar-refractivity contribution in [3.63, 3.8) is 0 Å². The first-order valence-electron chi connectivity index (χ1n) is 3.52. The van der Waals surface area contributed by atoms with Crippen molar-refractivity contribution >= 4 is 26.9 Å². The van der Waals surface area contributed by atoms with E-state index in [4.69, 9.17) is 9.15 Å².